The highest BCUT2D eigenvalue weighted by Crippen LogP contribution is 2.26. The van der Waals surface area contributed by atoms with Crippen molar-refractivity contribution >= 4 is 0 Å². The number of nitrogens with zero attached hydrogens (tertiary/aromatic N) is 3. The van der Waals surface area contributed by atoms with E-state index in [2.05, 4.69) is 25.4 Å². The molecule has 0 aliphatic carbocycles. The van der Waals surface area contributed by atoms with Gasteiger partial charge in [-0.1, -0.05) is 0 Å². The molecule has 2 N–H and O–H groups in total. The molecule has 7 nitrogen and oxygen atoms in total. The van der Waals surface area contributed by atoms with Crippen LogP contribution in [0.3, 0.4) is 0 Å². The summed E-state index contributed by atoms with van der Waals surface area (Å²) in [5, 5.41) is 13.7. The average molecular weight is 347 g/mol. The largest absolute Gasteiger partial charge is 0.486 e. The number of hydrogen-bond donors (Lipinski definition) is 2. The van der Waals surface area contributed by atoms with Gasteiger partial charge in [0.1, 0.15) is 29.7 Å². The molecular weight excluding hydrogens is 330 g/mol. The maximum atomic E-state index is 5.86. The van der Waals surface area contributed by atoms with Crippen molar-refractivity contribution in [2.24, 2.45) is 0 Å². The zero-order valence-corrected chi connectivity index (χ0v) is 14.1. The third kappa shape index (κ3) is 3.72. The van der Waals surface area contributed by atoms with Crippen LogP contribution < -0.4 is 9.47 Å². The average Bonchev–Trinajstić information content (AvgIpc) is 3.34. The van der Waals surface area contributed by atoms with E-state index in [1.807, 2.05) is 61.5 Å². The van der Waals surface area contributed by atoms with E-state index < -0.39 is 0 Å². The Labute approximate surface area is 150 Å². The zero-order valence-electron chi connectivity index (χ0n) is 14.1. The van der Waals surface area contributed by atoms with Crippen LogP contribution >= 0.6 is 0 Å². The van der Waals surface area contributed by atoms with Gasteiger partial charge in [0.05, 0.1) is 5.69 Å². The molecule has 130 valence electrons. The molecule has 0 spiro atoms. The fraction of sp³-hybridized carbons (Fsp3) is 0.105. The van der Waals surface area contributed by atoms with Crippen molar-refractivity contribution < 1.29 is 9.47 Å². The highest BCUT2D eigenvalue weighted by molar-refractivity contribution is 5.59. The van der Waals surface area contributed by atoms with Crippen LogP contribution in [0.15, 0.2) is 60.8 Å². The number of aryl methyl sites for hydroxylation is 1. The fourth-order valence-electron chi connectivity index (χ4n) is 2.46. The SMILES string of the molecule is Cc1nc(COc2ccc(Oc3ccc(-c4ccn[nH]4)cc3)cc2)n[nH]1. The highest BCUT2D eigenvalue weighted by Gasteiger charge is 2.03. The maximum absolute atomic E-state index is 5.86. The van der Waals surface area contributed by atoms with Gasteiger partial charge in [-0.05, 0) is 67.1 Å². The Morgan fingerprint density at radius 3 is 2.15 bits per heavy atom. The van der Waals surface area contributed by atoms with Gasteiger partial charge in [0.25, 0.3) is 0 Å². The molecule has 0 aliphatic heterocycles. The molecule has 4 aromatic rings. The Bertz CT molecular complexity index is 960. The Balaban J connectivity index is 1.36. The summed E-state index contributed by atoms with van der Waals surface area (Å²) in [6.07, 6.45) is 1.73. The van der Waals surface area contributed by atoms with Gasteiger partial charge in [-0.3, -0.25) is 10.2 Å². The molecule has 0 aliphatic rings. The van der Waals surface area contributed by atoms with E-state index in [1.165, 1.54) is 0 Å². The molecular formula is C19H17N5O2. The predicted molar refractivity (Wildman–Crippen MR) is 96.0 cm³/mol. The molecule has 7 heteroatoms. The molecule has 2 aromatic heterocycles. The van der Waals surface area contributed by atoms with E-state index in [4.69, 9.17) is 9.47 Å². The second-order valence-electron chi connectivity index (χ2n) is 5.69. The summed E-state index contributed by atoms with van der Waals surface area (Å²) in [6.45, 7) is 2.17. The van der Waals surface area contributed by atoms with Crippen molar-refractivity contribution in [1.82, 2.24) is 25.4 Å². The number of H-pyrrole nitrogens is 2. The molecule has 4 rings (SSSR count). The molecule has 0 saturated heterocycles. The van der Waals surface area contributed by atoms with Crippen molar-refractivity contribution in [3.05, 3.63) is 72.4 Å². The van der Waals surface area contributed by atoms with E-state index in [1.54, 1.807) is 6.20 Å². The van der Waals surface area contributed by atoms with Crippen molar-refractivity contribution in [1.29, 1.82) is 0 Å². The quantitative estimate of drug-likeness (QED) is 0.553. The first-order valence-electron chi connectivity index (χ1n) is 8.15. The topological polar surface area (TPSA) is 88.7 Å². The van der Waals surface area contributed by atoms with Gasteiger partial charge in [0, 0.05) is 6.20 Å². The summed E-state index contributed by atoms with van der Waals surface area (Å²) >= 11 is 0. The van der Waals surface area contributed by atoms with Crippen LogP contribution in [0, 0.1) is 6.92 Å². The van der Waals surface area contributed by atoms with Crippen molar-refractivity contribution in [3.8, 4) is 28.5 Å². The Morgan fingerprint density at radius 1 is 0.846 bits per heavy atom. The second kappa shape index (κ2) is 7.10. The summed E-state index contributed by atoms with van der Waals surface area (Å²) in [5.41, 5.74) is 2.03. The van der Waals surface area contributed by atoms with Gasteiger partial charge in [-0.25, -0.2) is 4.98 Å². The van der Waals surface area contributed by atoms with Crippen LogP contribution in [0.4, 0.5) is 0 Å². The Kier molecular flexibility index (Phi) is 4.34. The molecule has 0 unspecified atom stereocenters. The van der Waals surface area contributed by atoms with E-state index >= 15 is 0 Å². The molecule has 26 heavy (non-hydrogen) atoms. The minimum atomic E-state index is 0.319. The summed E-state index contributed by atoms with van der Waals surface area (Å²) in [5.74, 6) is 3.62. The van der Waals surface area contributed by atoms with E-state index in [0.29, 0.717) is 12.4 Å². The molecule has 0 amide bonds. The third-order valence-corrected chi connectivity index (χ3v) is 3.74. The van der Waals surface area contributed by atoms with E-state index in [-0.39, 0.29) is 0 Å². The zero-order chi connectivity index (χ0) is 17.8. The maximum Gasteiger partial charge on any atom is 0.188 e. The first kappa shape index (κ1) is 15.9. The molecule has 0 radical (unpaired) electrons. The Hall–Kier alpha value is -3.61. The summed E-state index contributed by atoms with van der Waals surface area (Å²) in [7, 11) is 0. The van der Waals surface area contributed by atoms with Gasteiger partial charge < -0.3 is 9.47 Å². The number of nitrogens with one attached hydrogen (secondary N) is 2. The first-order chi connectivity index (χ1) is 12.8. The molecule has 2 heterocycles. The monoisotopic (exact) mass is 347 g/mol. The predicted octanol–water partition coefficient (Wildman–Crippen LogP) is 3.87. The first-order valence-corrected chi connectivity index (χ1v) is 8.15. The van der Waals surface area contributed by atoms with Gasteiger partial charge in [-0.15, -0.1) is 0 Å². The smallest absolute Gasteiger partial charge is 0.188 e. The fourth-order valence-corrected chi connectivity index (χ4v) is 2.46. The van der Waals surface area contributed by atoms with E-state index in [0.717, 1.165) is 34.3 Å². The van der Waals surface area contributed by atoms with E-state index in [9.17, 15) is 0 Å². The second-order valence-corrected chi connectivity index (χ2v) is 5.69. The lowest BCUT2D eigenvalue weighted by Crippen LogP contribution is -1.97. The minimum Gasteiger partial charge on any atom is -0.486 e. The summed E-state index contributed by atoms with van der Waals surface area (Å²) in [6, 6.07) is 17.2. The van der Waals surface area contributed by atoms with Crippen LogP contribution in [0.5, 0.6) is 17.2 Å². The lowest BCUT2D eigenvalue weighted by atomic mass is 10.1. The van der Waals surface area contributed by atoms with Crippen LogP contribution in [0.2, 0.25) is 0 Å². The third-order valence-electron chi connectivity index (χ3n) is 3.74. The Morgan fingerprint density at radius 2 is 1.54 bits per heavy atom. The van der Waals surface area contributed by atoms with Gasteiger partial charge in [0.2, 0.25) is 0 Å². The summed E-state index contributed by atoms with van der Waals surface area (Å²) < 4.78 is 11.5. The molecule has 0 fully saturated rings. The number of aromatic nitrogens is 5. The molecule has 0 saturated carbocycles. The van der Waals surface area contributed by atoms with Crippen LogP contribution in [-0.4, -0.2) is 25.4 Å². The van der Waals surface area contributed by atoms with Gasteiger partial charge in [-0.2, -0.15) is 10.2 Å². The van der Waals surface area contributed by atoms with Gasteiger partial charge >= 0.3 is 0 Å². The summed E-state index contributed by atoms with van der Waals surface area (Å²) in [4.78, 5) is 4.20. The number of aromatic amines is 2. The molecule has 2 aromatic carbocycles. The lowest BCUT2D eigenvalue weighted by Gasteiger charge is -2.08. The number of rotatable bonds is 6. The molecule has 0 atom stereocenters. The van der Waals surface area contributed by atoms with Crippen molar-refractivity contribution in [2.75, 3.05) is 0 Å². The normalized spacial score (nSPS) is 10.7. The lowest BCUT2D eigenvalue weighted by molar-refractivity contribution is 0.296. The molecule has 0 bridgehead atoms. The standard InChI is InChI=1S/C19H17N5O2/c1-13-21-19(24-22-13)12-25-15-6-8-17(9-7-15)26-16-4-2-14(3-5-16)18-10-11-20-23-18/h2-11H,12H2,1H3,(H,20,23)(H,21,22,24). The van der Waals surface area contributed by atoms with Crippen LogP contribution in [-0.2, 0) is 6.61 Å². The van der Waals surface area contributed by atoms with Gasteiger partial charge in [0.15, 0.2) is 5.82 Å². The highest BCUT2D eigenvalue weighted by atomic mass is 16.5. The number of benzene rings is 2. The number of ether oxygens (including phenoxy) is 2. The minimum absolute atomic E-state index is 0.319. The van der Waals surface area contributed by atoms with Crippen molar-refractivity contribution in [3.63, 3.8) is 0 Å². The van der Waals surface area contributed by atoms with Crippen LogP contribution in [0.1, 0.15) is 11.6 Å². The van der Waals surface area contributed by atoms with Crippen LogP contribution in [0.25, 0.3) is 11.3 Å². The van der Waals surface area contributed by atoms with Crippen molar-refractivity contribution in [2.45, 2.75) is 13.5 Å². The number of hydrogen-bond acceptors (Lipinski definition) is 5.